The van der Waals surface area contributed by atoms with Gasteiger partial charge in [0, 0.05) is 13.1 Å². The highest BCUT2D eigenvalue weighted by molar-refractivity contribution is 6.16. The van der Waals surface area contributed by atoms with Gasteiger partial charge in [-0.1, -0.05) is 12.1 Å². The van der Waals surface area contributed by atoms with Crippen LogP contribution < -0.4 is 19.3 Å². The lowest BCUT2D eigenvalue weighted by Gasteiger charge is -2.22. The van der Waals surface area contributed by atoms with Crippen molar-refractivity contribution in [1.82, 2.24) is 0 Å². The van der Waals surface area contributed by atoms with E-state index < -0.39 is 0 Å². The molecule has 0 unspecified atom stereocenters. The fourth-order valence-corrected chi connectivity index (χ4v) is 3.38. The largest absolute Gasteiger partial charge is 0.497 e. The molecule has 0 aliphatic carbocycles. The molecule has 130 valence electrons. The monoisotopic (exact) mass is 337 g/mol. The zero-order chi connectivity index (χ0) is 17.1. The lowest BCUT2D eigenvalue weighted by molar-refractivity contribution is 0.327. The molecule has 0 spiro atoms. The van der Waals surface area contributed by atoms with Crippen LogP contribution in [-0.2, 0) is 0 Å². The molecule has 2 aromatic carbocycles. The number of hydrogen-bond donors (Lipinski definition) is 0. The number of anilines is 2. The quantitative estimate of drug-likeness (QED) is 0.836. The molecule has 0 aromatic heterocycles. The van der Waals surface area contributed by atoms with Crippen molar-refractivity contribution in [2.45, 2.75) is 12.8 Å². The van der Waals surface area contributed by atoms with E-state index in [-0.39, 0.29) is 0 Å². The molecule has 0 bridgehead atoms. The maximum Gasteiger partial charge on any atom is 0.205 e. The number of nitrogens with zero attached hydrogens (tertiary/aromatic N) is 3. The van der Waals surface area contributed by atoms with Crippen molar-refractivity contribution in [3.8, 4) is 11.5 Å². The number of rotatable bonds is 5. The maximum atomic E-state index is 5.92. The second kappa shape index (κ2) is 7.05. The van der Waals surface area contributed by atoms with E-state index >= 15 is 0 Å². The molecule has 2 aliphatic heterocycles. The summed E-state index contributed by atoms with van der Waals surface area (Å²) in [5, 5.41) is 0. The van der Waals surface area contributed by atoms with E-state index in [1.54, 1.807) is 7.11 Å². The minimum atomic E-state index is 0.605. The predicted molar refractivity (Wildman–Crippen MR) is 101 cm³/mol. The SMILES string of the molecule is COc1ccc(OCCN2C3=NCCCCN3c3ccccc32)cc1. The van der Waals surface area contributed by atoms with Crippen LogP contribution in [0.4, 0.5) is 11.4 Å². The molecule has 5 heteroatoms. The molecule has 0 saturated carbocycles. The number of aliphatic imine (C=N–C) groups is 1. The van der Waals surface area contributed by atoms with Crippen LogP contribution in [-0.4, -0.2) is 39.3 Å². The number of methoxy groups -OCH3 is 1. The Balaban J connectivity index is 1.47. The first-order valence-electron chi connectivity index (χ1n) is 8.82. The van der Waals surface area contributed by atoms with Crippen molar-refractivity contribution in [2.75, 3.05) is 43.2 Å². The average Bonchev–Trinajstić information content (AvgIpc) is 2.81. The third-order valence-electron chi connectivity index (χ3n) is 4.63. The van der Waals surface area contributed by atoms with Crippen LogP contribution in [0.2, 0.25) is 0 Å². The first-order valence-corrected chi connectivity index (χ1v) is 8.82. The summed E-state index contributed by atoms with van der Waals surface area (Å²) < 4.78 is 11.1. The molecule has 2 aliphatic rings. The van der Waals surface area contributed by atoms with Gasteiger partial charge in [-0.15, -0.1) is 0 Å². The molecule has 2 heterocycles. The summed E-state index contributed by atoms with van der Waals surface area (Å²) in [5.41, 5.74) is 2.48. The molecule has 4 rings (SSSR count). The Bertz CT molecular complexity index is 758. The van der Waals surface area contributed by atoms with Gasteiger partial charge in [0.05, 0.1) is 25.0 Å². The molecule has 0 radical (unpaired) electrons. The van der Waals surface area contributed by atoms with Gasteiger partial charge in [0.25, 0.3) is 0 Å². The molecular weight excluding hydrogens is 314 g/mol. The number of guanidine groups is 1. The Labute approximate surface area is 148 Å². The van der Waals surface area contributed by atoms with Gasteiger partial charge >= 0.3 is 0 Å². The van der Waals surface area contributed by atoms with Crippen LogP contribution in [0.15, 0.2) is 53.5 Å². The van der Waals surface area contributed by atoms with Crippen molar-refractivity contribution in [2.24, 2.45) is 4.99 Å². The van der Waals surface area contributed by atoms with Gasteiger partial charge in [-0.05, 0) is 49.2 Å². The van der Waals surface area contributed by atoms with Crippen molar-refractivity contribution in [1.29, 1.82) is 0 Å². The summed E-state index contributed by atoms with van der Waals surface area (Å²) in [6.45, 7) is 3.31. The van der Waals surface area contributed by atoms with E-state index in [0.717, 1.165) is 43.5 Å². The van der Waals surface area contributed by atoms with E-state index in [1.165, 1.54) is 17.8 Å². The summed E-state index contributed by atoms with van der Waals surface area (Å²) in [4.78, 5) is 9.45. The first-order chi connectivity index (χ1) is 12.4. The maximum absolute atomic E-state index is 5.92. The summed E-state index contributed by atoms with van der Waals surface area (Å²) >= 11 is 0. The summed E-state index contributed by atoms with van der Waals surface area (Å²) in [6.07, 6.45) is 2.33. The molecule has 0 atom stereocenters. The zero-order valence-corrected chi connectivity index (χ0v) is 14.5. The summed E-state index contributed by atoms with van der Waals surface area (Å²) in [5.74, 6) is 2.76. The van der Waals surface area contributed by atoms with Gasteiger partial charge in [-0.2, -0.15) is 0 Å². The van der Waals surface area contributed by atoms with Crippen LogP contribution in [0.3, 0.4) is 0 Å². The topological polar surface area (TPSA) is 37.3 Å². The molecule has 0 amide bonds. The van der Waals surface area contributed by atoms with Gasteiger partial charge in [0.2, 0.25) is 5.96 Å². The Morgan fingerprint density at radius 1 is 0.960 bits per heavy atom. The van der Waals surface area contributed by atoms with Crippen LogP contribution in [0.1, 0.15) is 12.8 Å². The molecule has 2 aromatic rings. The predicted octanol–water partition coefficient (Wildman–Crippen LogP) is 3.55. The van der Waals surface area contributed by atoms with E-state index in [2.05, 4.69) is 34.1 Å². The number of para-hydroxylation sites is 2. The molecular formula is C20H23N3O2. The van der Waals surface area contributed by atoms with Crippen LogP contribution in [0.25, 0.3) is 0 Å². The highest BCUT2D eigenvalue weighted by atomic mass is 16.5. The summed E-state index contributed by atoms with van der Waals surface area (Å²) in [6, 6.07) is 16.2. The van der Waals surface area contributed by atoms with Gasteiger partial charge in [-0.3, -0.25) is 4.99 Å². The standard InChI is InChI=1S/C20H23N3O2/c1-24-16-8-10-17(11-9-16)25-15-14-23-19-7-3-2-6-18(19)22-13-5-4-12-21-20(22)23/h2-3,6-11H,4-5,12-15H2,1H3. The smallest absolute Gasteiger partial charge is 0.205 e. The first kappa shape index (κ1) is 15.8. The van der Waals surface area contributed by atoms with Crippen molar-refractivity contribution in [3.05, 3.63) is 48.5 Å². The number of benzene rings is 2. The average molecular weight is 337 g/mol. The van der Waals surface area contributed by atoms with Crippen molar-refractivity contribution in [3.63, 3.8) is 0 Å². The Hall–Kier alpha value is -2.69. The Kier molecular flexibility index (Phi) is 4.46. The highest BCUT2D eigenvalue weighted by Crippen LogP contribution is 2.37. The Morgan fingerprint density at radius 2 is 1.72 bits per heavy atom. The molecule has 0 fully saturated rings. The van der Waals surface area contributed by atoms with E-state index in [4.69, 9.17) is 14.5 Å². The van der Waals surface area contributed by atoms with Gasteiger partial charge in [-0.25, -0.2) is 0 Å². The second-order valence-corrected chi connectivity index (χ2v) is 6.20. The third kappa shape index (κ3) is 3.14. The molecule has 0 saturated heterocycles. The highest BCUT2D eigenvalue weighted by Gasteiger charge is 2.32. The molecule has 25 heavy (non-hydrogen) atoms. The third-order valence-corrected chi connectivity index (χ3v) is 4.63. The lowest BCUT2D eigenvalue weighted by Crippen LogP contribution is -2.40. The van der Waals surface area contributed by atoms with Crippen LogP contribution in [0.5, 0.6) is 11.5 Å². The van der Waals surface area contributed by atoms with Gasteiger partial charge in [0.1, 0.15) is 18.1 Å². The van der Waals surface area contributed by atoms with Crippen molar-refractivity contribution >= 4 is 17.3 Å². The summed E-state index contributed by atoms with van der Waals surface area (Å²) in [7, 11) is 1.67. The van der Waals surface area contributed by atoms with E-state index in [1.807, 2.05) is 24.3 Å². The number of hydrogen-bond acceptors (Lipinski definition) is 5. The fourth-order valence-electron chi connectivity index (χ4n) is 3.38. The normalized spacial score (nSPS) is 16.0. The van der Waals surface area contributed by atoms with Gasteiger partial charge < -0.3 is 19.3 Å². The van der Waals surface area contributed by atoms with Crippen LogP contribution in [0, 0.1) is 0 Å². The van der Waals surface area contributed by atoms with Crippen LogP contribution >= 0.6 is 0 Å². The van der Waals surface area contributed by atoms with E-state index in [9.17, 15) is 0 Å². The Morgan fingerprint density at radius 3 is 2.52 bits per heavy atom. The lowest BCUT2D eigenvalue weighted by atomic mass is 10.2. The molecule has 5 nitrogen and oxygen atoms in total. The number of ether oxygens (including phenoxy) is 2. The van der Waals surface area contributed by atoms with E-state index in [0.29, 0.717) is 6.61 Å². The zero-order valence-electron chi connectivity index (χ0n) is 14.5. The second-order valence-electron chi connectivity index (χ2n) is 6.20. The van der Waals surface area contributed by atoms with Crippen molar-refractivity contribution < 1.29 is 9.47 Å². The number of fused-ring (bicyclic) bond motifs is 3. The fraction of sp³-hybridized carbons (Fsp3) is 0.350. The molecule has 0 N–H and O–H groups in total. The minimum absolute atomic E-state index is 0.605. The van der Waals surface area contributed by atoms with Gasteiger partial charge in [0.15, 0.2) is 0 Å². The minimum Gasteiger partial charge on any atom is -0.497 e.